The van der Waals surface area contributed by atoms with Crippen LogP contribution in [0.3, 0.4) is 0 Å². The number of hydrogen-bond acceptors (Lipinski definition) is 2. The van der Waals surface area contributed by atoms with E-state index in [-0.39, 0.29) is 5.91 Å². The molecule has 0 atom stereocenters. The van der Waals surface area contributed by atoms with Crippen molar-refractivity contribution in [1.29, 1.82) is 0 Å². The van der Waals surface area contributed by atoms with Crippen molar-refractivity contribution < 1.29 is 4.79 Å². The maximum atomic E-state index is 12.0. The van der Waals surface area contributed by atoms with Gasteiger partial charge in [0.15, 0.2) is 0 Å². The summed E-state index contributed by atoms with van der Waals surface area (Å²) in [6, 6.07) is 20.7. The molecule has 4 aromatic rings. The molecule has 0 spiro atoms. The molecule has 4 heteroatoms. The monoisotopic (exact) mass is 365 g/mol. The number of nitrogens with zero attached hydrogens (tertiary/aromatic N) is 1. The smallest absolute Gasteiger partial charge is 0.253 e. The van der Waals surface area contributed by atoms with Crippen molar-refractivity contribution in [1.82, 2.24) is 15.3 Å². The molecule has 136 valence electrons. The SMILES string of the molecule is O=C1NCCc2[nH]c(-c3ccnc(/C=C/c4ccc5ccccc5c4)c3)cc21. The van der Waals surface area contributed by atoms with E-state index >= 15 is 0 Å². The van der Waals surface area contributed by atoms with Crippen LogP contribution in [0.5, 0.6) is 0 Å². The van der Waals surface area contributed by atoms with Gasteiger partial charge in [-0.2, -0.15) is 0 Å². The molecule has 2 aromatic carbocycles. The highest BCUT2D eigenvalue weighted by Gasteiger charge is 2.19. The van der Waals surface area contributed by atoms with Crippen LogP contribution in [0.2, 0.25) is 0 Å². The lowest BCUT2D eigenvalue weighted by molar-refractivity contribution is 0.0946. The second kappa shape index (κ2) is 6.82. The third-order valence-corrected chi connectivity index (χ3v) is 5.12. The molecule has 1 amide bonds. The minimum absolute atomic E-state index is 0.00534. The Labute approximate surface area is 162 Å². The summed E-state index contributed by atoms with van der Waals surface area (Å²) in [5.41, 5.74) is 5.73. The van der Waals surface area contributed by atoms with Gasteiger partial charge in [0, 0.05) is 36.1 Å². The molecular weight excluding hydrogens is 346 g/mol. The number of fused-ring (bicyclic) bond motifs is 2. The number of benzene rings is 2. The standard InChI is InChI=1S/C24H19N3O/c28-24-21-15-23(27-22(21)10-12-26-24)19-9-11-25-20(14-19)8-6-16-5-7-17-3-1-2-4-18(17)13-16/h1-9,11,13-15,27H,10,12H2,(H,26,28)/b8-6+. The van der Waals surface area contributed by atoms with E-state index in [0.717, 1.165) is 40.2 Å². The van der Waals surface area contributed by atoms with Gasteiger partial charge in [0.05, 0.1) is 11.3 Å². The van der Waals surface area contributed by atoms with Crippen LogP contribution in [0.25, 0.3) is 34.2 Å². The maximum Gasteiger partial charge on any atom is 0.253 e. The van der Waals surface area contributed by atoms with Crippen LogP contribution in [0.4, 0.5) is 0 Å². The average molecular weight is 365 g/mol. The zero-order valence-corrected chi connectivity index (χ0v) is 15.3. The summed E-state index contributed by atoms with van der Waals surface area (Å²) in [6.07, 6.45) is 6.73. The van der Waals surface area contributed by atoms with E-state index in [1.54, 1.807) is 6.20 Å². The lowest BCUT2D eigenvalue weighted by atomic mass is 10.1. The Hall–Kier alpha value is -3.66. The minimum atomic E-state index is -0.00534. The zero-order valence-electron chi connectivity index (χ0n) is 15.3. The zero-order chi connectivity index (χ0) is 18.9. The Balaban J connectivity index is 1.44. The summed E-state index contributed by atoms with van der Waals surface area (Å²) < 4.78 is 0. The van der Waals surface area contributed by atoms with Gasteiger partial charge in [0.1, 0.15) is 0 Å². The molecule has 5 rings (SSSR count). The van der Waals surface area contributed by atoms with E-state index in [2.05, 4.69) is 63.8 Å². The number of H-pyrrole nitrogens is 1. The summed E-state index contributed by atoms with van der Waals surface area (Å²) >= 11 is 0. The number of nitrogens with one attached hydrogen (secondary N) is 2. The summed E-state index contributed by atoms with van der Waals surface area (Å²) in [6.45, 7) is 0.682. The predicted octanol–water partition coefficient (Wildman–Crippen LogP) is 4.69. The quantitative estimate of drug-likeness (QED) is 0.553. The molecule has 0 bridgehead atoms. The van der Waals surface area contributed by atoms with Crippen LogP contribution >= 0.6 is 0 Å². The fourth-order valence-corrected chi connectivity index (χ4v) is 3.65. The Morgan fingerprint density at radius 2 is 1.82 bits per heavy atom. The lowest BCUT2D eigenvalue weighted by Gasteiger charge is -2.10. The molecule has 2 N–H and O–H groups in total. The number of aromatic nitrogens is 2. The maximum absolute atomic E-state index is 12.0. The van der Waals surface area contributed by atoms with Gasteiger partial charge in [-0.1, -0.05) is 42.5 Å². The van der Waals surface area contributed by atoms with Crippen molar-refractivity contribution in [2.75, 3.05) is 6.54 Å². The van der Waals surface area contributed by atoms with Gasteiger partial charge in [0.25, 0.3) is 5.91 Å². The first-order valence-electron chi connectivity index (χ1n) is 9.40. The van der Waals surface area contributed by atoms with Crippen molar-refractivity contribution in [2.24, 2.45) is 0 Å². The minimum Gasteiger partial charge on any atom is -0.358 e. The number of pyridine rings is 1. The van der Waals surface area contributed by atoms with Crippen molar-refractivity contribution in [3.05, 3.63) is 89.4 Å². The van der Waals surface area contributed by atoms with Crippen LogP contribution in [-0.4, -0.2) is 22.4 Å². The topological polar surface area (TPSA) is 57.8 Å². The average Bonchev–Trinajstić information content (AvgIpc) is 3.18. The van der Waals surface area contributed by atoms with E-state index in [4.69, 9.17) is 0 Å². The summed E-state index contributed by atoms with van der Waals surface area (Å²) in [4.78, 5) is 19.8. The first-order chi connectivity index (χ1) is 13.8. The Kier molecular flexibility index (Phi) is 4.02. The molecule has 0 fully saturated rings. The van der Waals surface area contributed by atoms with Gasteiger partial charge in [-0.15, -0.1) is 0 Å². The molecule has 0 radical (unpaired) electrons. The van der Waals surface area contributed by atoms with Gasteiger partial charge in [-0.05, 0) is 46.7 Å². The normalized spacial score (nSPS) is 13.6. The lowest BCUT2D eigenvalue weighted by Crippen LogP contribution is -2.31. The van der Waals surface area contributed by atoms with Crippen LogP contribution < -0.4 is 5.32 Å². The van der Waals surface area contributed by atoms with Crippen LogP contribution in [0.15, 0.2) is 66.9 Å². The fraction of sp³-hybridized carbons (Fsp3) is 0.0833. The predicted molar refractivity (Wildman–Crippen MR) is 113 cm³/mol. The van der Waals surface area contributed by atoms with E-state index in [1.165, 1.54) is 10.8 Å². The molecule has 0 saturated carbocycles. The summed E-state index contributed by atoms with van der Waals surface area (Å²) in [5, 5.41) is 5.34. The largest absolute Gasteiger partial charge is 0.358 e. The van der Waals surface area contributed by atoms with Gasteiger partial charge in [-0.25, -0.2) is 0 Å². The number of amides is 1. The third-order valence-electron chi connectivity index (χ3n) is 5.12. The third kappa shape index (κ3) is 3.09. The number of carbonyl (C=O) groups excluding carboxylic acids is 1. The van der Waals surface area contributed by atoms with Crippen molar-refractivity contribution >= 4 is 28.8 Å². The second-order valence-corrected chi connectivity index (χ2v) is 6.99. The molecular formula is C24H19N3O. The molecule has 1 aliphatic heterocycles. The number of rotatable bonds is 3. The molecule has 0 saturated heterocycles. The first kappa shape index (κ1) is 16.5. The summed E-state index contributed by atoms with van der Waals surface area (Å²) in [5.74, 6) is -0.00534. The van der Waals surface area contributed by atoms with Gasteiger partial charge in [0.2, 0.25) is 0 Å². The molecule has 0 unspecified atom stereocenters. The number of hydrogen-bond donors (Lipinski definition) is 2. The molecule has 0 aliphatic carbocycles. The summed E-state index contributed by atoms with van der Waals surface area (Å²) in [7, 11) is 0. The van der Waals surface area contributed by atoms with E-state index < -0.39 is 0 Å². The van der Waals surface area contributed by atoms with E-state index in [9.17, 15) is 4.79 Å². The Morgan fingerprint density at radius 1 is 0.929 bits per heavy atom. The van der Waals surface area contributed by atoms with Crippen LogP contribution in [-0.2, 0) is 6.42 Å². The highest BCUT2D eigenvalue weighted by atomic mass is 16.1. The highest BCUT2D eigenvalue weighted by molar-refractivity contribution is 5.97. The van der Waals surface area contributed by atoms with Crippen molar-refractivity contribution in [3.8, 4) is 11.3 Å². The van der Waals surface area contributed by atoms with Crippen LogP contribution in [0.1, 0.15) is 27.3 Å². The van der Waals surface area contributed by atoms with Gasteiger partial charge >= 0.3 is 0 Å². The number of carbonyl (C=O) groups is 1. The Bertz CT molecular complexity index is 1220. The van der Waals surface area contributed by atoms with E-state index in [0.29, 0.717) is 6.54 Å². The van der Waals surface area contributed by atoms with E-state index in [1.807, 2.05) is 24.3 Å². The molecule has 28 heavy (non-hydrogen) atoms. The highest BCUT2D eigenvalue weighted by Crippen LogP contribution is 2.25. The second-order valence-electron chi connectivity index (χ2n) is 6.99. The first-order valence-corrected chi connectivity index (χ1v) is 9.40. The molecule has 4 nitrogen and oxygen atoms in total. The van der Waals surface area contributed by atoms with Gasteiger partial charge in [-0.3, -0.25) is 9.78 Å². The number of aromatic amines is 1. The molecule has 1 aliphatic rings. The Morgan fingerprint density at radius 3 is 2.71 bits per heavy atom. The van der Waals surface area contributed by atoms with Crippen molar-refractivity contribution in [2.45, 2.75) is 6.42 Å². The fourth-order valence-electron chi connectivity index (χ4n) is 3.65. The van der Waals surface area contributed by atoms with Gasteiger partial charge < -0.3 is 10.3 Å². The molecule has 2 aromatic heterocycles. The van der Waals surface area contributed by atoms with Crippen molar-refractivity contribution in [3.63, 3.8) is 0 Å². The van der Waals surface area contributed by atoms with Crippen LogP contribution in [0, 0.1) is 0 Å². The molecule has 3 heterocycles.